The largest absolute Gasteiger partial charge is 0.476 e. The lowest BCUT2D eigenvalue weighted by molar-refractivity contribution is 0.0122. The van der Waals surface area contributed by atoms with Crippen LogP contribution in [0.2, 0.25) is 0 Å². The second-order valence-corrected chi connectivity index (χ2v) is 13.9. The minimum atomic E-state index is -3.84. The Hall–Kier alpha value is -4.15. The number of nitrogens with zero attached hydrogens (tertiary/aromatic N) is 5. The third-order valence-corrected chi connectivity index (χ3v) is 8.39. The van der Waals surface area contributed by atoms with Gasteiger partial charge in [-0.25, -0.2) is 13.2 Å². The van der Waals surface area contributed by atoms with Crippen LogP contribution in [-0.2, 0) is 25.7 Å². The van der Waals surface area contributed by atoms with Crippen molar-refractivity contribution in [3.8, 4) is 17.7 Å². The molecule has 2 aliphatic rings. The van der Waals surface area contributed by atoms with Crippen molar-refractivity contribution in [3.63, 3.8) is 0 Å². The average Bonchev–Trinajstić information content (AvgIpc) is 3.23. The molecule has 234 valence electrons. The molecule has 5 rings (SSSR count). The van der Waals surface area contributed by atoms with Crippen molar-refractivity contribution < 1.29 is 32.2 Å². The van der Waals surface area contributed by atoms with Crippen LogP contribution >= 0.6 is 0 Å². The SMILES string of the molecule is COCOc1cc(CCOc2nc(S(C)(=O)=O)nc(N3C[C@H]4CC[C@@H](C3)N4C(=O)OC(C)(C)C)c2C#N)c2ccccc2c1. The number of ether oxygens (including phenoxy) is 4. The predicted octanol–water partition coefficient (Wildman–Crippen LogP) is 4.10. The lowest BCUT2D eigenvalue weighted by Gasteiger charge is -2.42. The van der Waals surface area contributed by atoms with Gasteiger partial charge in [0.05, 0.1) is 18.7 Å². The summed E-state index contributed by atoms with van der Waals surface area (Å²) in [6.45, 7) is 6.42. The number of methoxy groups -OCH3 is 1. The summed E-state index contributed by atoms with van der Waals surface area (Å²) in [6.07, 6.45) is 2.59. The standard InChI is InChI=1S/C31H37N5O7S/c1-31(2,3)43-30(37)36-22-10-11-23(36)18-35(17-22)27-26(16-32)28(34-29(33-27)44(5,38)39)41-13-12-21-15-24(42-19-40-4)14-20-8-6-7-9-25(20)21/h6-9,14-15,22-23H,10-13,17-19H2,1-5H3/t22-,23+. The van der Waals surface area contributed by atoms with E-state index in [1.807, 2.05) is 62.1 Å². The van der Waals surface area contributed by atoms with Crippen molar-refractivity contribution in [2.45, 2.75) is 62.9 Å². The molecule has 2 saturated heterocycles. The van der Waals surface area contributed by atoms with Gasteiger partial charge >= 0.3 is 6.09 Å². The maximum Gasteiger partial charge on any atom is 0.410 e. The smallest absolute Gasteiger partial charge is 0.410 e. The van der Waals surface area contributed by atoms with Crippen LogP contribution in [-0.4, -0.2) is 86.9 Å². The Morgan fingerprint density at radius 1 is 1.09 bits per heavy atom. The Morgan fingerprint density at radius 3 is 2.43 bits per heavy atom. The summed E-state index contributed by atoms with van der Waals surface area (Å²) in [4.78, 5) is 25.1. The van der Waals surface area contributed by atoms with Crippen LogP contribution in [0.25, 0.3) is 10.8 Å². The Labute approximate surface area is 257 Å². The Bertz CT molecular complexity index is 1690. The molecule has 12 nitrogen and oxygen atoms in total. The summed E-state index contributed by atoms with van der Waals surface area (Å²) in [6, 6.07) is 13.5. The second kappa shape index (κ2) is 12.5. The fourth-order valence-corrected chi connectivity index (χ4v) is 6.23. The fourth-order valence-electron chi connectivity index (χ4n) is 5.73. The highest BCUT2D eigenvalue weighted by Crippen LogP contribution is 2.36. The quantitative estimate of drug-likeness (QED) is 0.251. The summed E-state index contributed by atoms with van der Waals surface area (Å²) in [5.74, 6) is 0.720. The van der Waals surface area contributed by atoms with Gasteiger partial charge in [0.15, 0.2) is 18.2 Å². The fraction of sp³-hybridized carbons (Fsp3) is 0.484. The first-order chi connectivity index (χ1) is 20.9. The van der Waals surface area contributed by atoms with E-state index in [2.05, 4.69) is 16.0 Å². The number of carbonyl (C=O) groups excluding carboxylic acids is 1. The van der Waals surface area contributed by atoms with Crippen molar-refractivity contribution in [1.82, 2.24) is 14.9 Å². The van der Waals surface area contributed by atoms with E-state index >= 15 is 0 Å². The van der Waals surface area contributed by atoms with Crippen LogP contribution in [0.5, 0.6) is 11.6 Å². The number of hydrogen-bond acceptors (Lipinski definition) is 11. The first-order valence-corrected chi connectivity index (χ1v) is 16.3. The molecular weight excluding hydrogens is 586 g/mol. The highest BCUT2D eigenvalue weighted by molar-refractivity contribution is 7.90. The van der Waals surface area contributed by atoms with Gasteiger partial charge in [0.1, 0.15) is 17.4 Å². The van der Waals surface area contributed by atoms with Crippen LogP contribution in [0, 0.1) is 11.3 Å². The van der Waals surface area contributed by atoms with Crippen LogP contribution in [0.3, 0.4) is 0 Å². The molecule has 3 heterocycles. The highest BCUT2D eigenvalue weighted by atomic mass is 32.2. The molecular formula is C31H37N5O7S. The summed E-state index contributed by atoms with van der Waals surface area (Å²) < 4.78 is 47.6. The monoisotopic (exact) mass is 623 g/mol. The Morgan fingerprint density at radius 2 is 1.80 bits per heavy atom. The van der Waals surface area contributed by atoms with Gasteiger partial charge in [0, 0.05) is 32.9 Å². The molecule has 0 spiro atoms. The van der Waals surface area contributed by atoms with Gasteiger partial charge in [-0.2, -0.15) is 15.2 Å². The van der Waals surface area contributed by atoms with Gasteiger partial charge in [0.25, 0.3) is 5.16 Å². The van der Waals surface area contributed by atoms with E-state index in [4.69, 9.17) is 18.9 Å². The average molecular weight is 624 g/mol. The van der Waals surface area contributed by atoms with Crippen molar-refractivity contribution in [3.05, 3.63) is 47.5 Å². The summed E-state index contributed by atoms with van der Waals surface area (Å²) in [7, 11) is -2.29. The van der Waals surface area contributed by atoms with Crippen LogP contribution in [0.4, 0.5) is 10.6 Å². The summed E-state index contributed by atoms with van der Waals surface area (Å²) in [5, 5.41) is 11.8. The molecule has 1 amide bonds. The normalized spacial score (nSPS) is 18.3. The number of fused-ring (bicyclic) bond motifs is 3. The lowest BCUT2D eigenvalue weighted by Crippen LogP contribution is -2.57. The maximum absolute atomic E-state index is 13.0. The van der Waals surface area contributed by atoms with E-state index in [1.54, 1.807) is 12.0 Å². The van der Waals surface area contributed by atoms with E-state index in [9.17, 15) is 18.5 Å². The minimum Gasteiger partial charge on any atom is -0.476 e. The van der Waals surface area contributed by atoms with Gasteiger partial charge in [-0.3, -0.25) is 4.90 Å². The Balaban J connectivity index is 1.41. The number of nitriles is 1. The van der Waals surface area contributed by atoms with Crippen LogP contribution in [0.15, 0.2) is 41.6 Å². The number of carbonyl (C=O) groups is 1. The number of rotatable bonds is 9. The molecule has 1 aromatic heterocycles. The van der Waals surface area contributed by atoms with E-state index in [-0.39, 0.29) is 48.8 Å². The van der Waals surface area contributed by atoms with Crippen LogP contribution < -0.4 is 14.4 Å². The number of benzene rings is 2. The van der Waals surface area contributed by atoms with E-state index in [0.717, 1.165) is 35.4 Å². The molecule has 44 heavy (non-hydrogen) atoms. The van der Waals surface area contributed by atoms with E-state index < -0.39 is 20.6 Å². The summed E-state index contributed by atoms with van der Waals surface area (Å²) >= 11 is 0. The van der Waals surface area contributed by atoms with E-state index in [1.165, 1.54) is 0 Å². The first-order valence-electron chi connectivity index (χ1n) is 14.4. The molecule has 0 N–H and O–H groups in total. The second-order valence-electron chi connectivity index (χ2n) is 12.0. The molecule has 2 bridgehead atoms. The van der Waals surface area contributed by atoms with Gasteiger partial charge in [-0.05, 0) is 62.1 Å². The number of aromatic nitrogens is 2. The number of hydrogen-bond donors (Lipinski definition) is 0. The molecule has 3 aromatic rings. The predicted molar refractivity (Wildman–Crippen MR) is 163 cm³/mol. The molecule has 2 fully saturated rings. The molecule has 0 aliphatic carbocycles. The molecule has 0 unspecified atom stereocenters. The number of sulfone groups is 1. The van der Waals surface area contributed by atoms with Crippen LogP contribution in [0.1, 0.15) is 44.7 Å². The zero-order valence-electron chi connectivity index (χ0n) is 25.6. The number of amides is 1. The lowest BCUT2D eigenvalue weighted by atomic mass is 10.0. The van der Waals surface area contributed by atoms with Crippen molar-refractivity contribution in [2.24, 2.45) is 0 Å². The minimum absolute atomic E-state index is 0.0459. The number of piperazine rings is 1. The molecule has 2 atom stereocenters. The highest BCUT2D eigenvalue weighted by Gasteiger charge is 2.45. The van der Waals surface area contributed by atoms with Gasteiger partial charge in [-0.1, -0.05) is 24.3 Å². The van der Waals surface area contributed by atoms with E-state index in [0.29, 0.717) is 25.3 Å². The van der Waals surface area contributed by atoms with Gasteiger partial charge < -0.3 is 23.8 Å². The molecule has 2 aliphatic heterocycles. The zero-order valence-corrected chi connectivity index (χ0v) is 26.4. The maximum atomic E-state index is 13.0. The Kier molecular flexibility index (Phi) is 8.85. The number of anilines is 1. The zero-order chi connectivity index (χ0) is 31.6. The molecule has 13 heteroatoms. The third-order valence-electron chi connectivity index (χ3n) is 7.54. The summed E-state index contributed by atoms with van der Waals surface area (Å²) in [5.41, 5.74) is 0.361. The van der Waals surface area contributed by atoms with Crippen molar-refractivity contribution >= 4 is 32.5 Å². The van der Waals surface area contributed by atoms with Gasteiger partial charge in [0.2, 0.25) is 15.7 Å². The molecule has 0 radical (unpaired) electrons. The topological polar surface area (TPSA) is 144 Å². The van der Waals surface area contributed by atoms with Crippen molar-refractivity contribution in [1.29, 1.82) is 5.26 Å². The molecule has 2 aromatic carbocycles. The van der Waals surface area contributed by atoms with Crippen molar-refractivity contribution in [2.75, 3.05) is 44.8 Å². The third kappa shape index (κ3) is 6.81. The molecule has 0 saturated carbocycles. The van der Waals surface area contributed by atoms with Gasteiger partial charge in [-0.15, -0.1) is 0 Å². The first kappa shape index (κ1) is 31.3.